The van der Waals surface area contributed by atoms with Crippen molar-refractivity contribution in [3.63, 3.8) is 0 Å². The van der Waals surface area contributed by atoms with Gasteiger partial charge in [0, 0.05) is 38.8 Å². The van der Waals surface area contributed by atoms with Gasteiger partial charge in [0.15, 0.2) is 23.5 Å². The highest BCUT2D eigenvalue weighted by molar-refractivity contribution is 7.79. The van der Waals surface area contributed by atoms with Crippen LogP contribution in [0.5, 0.6) is 0 Å². The zero-order valence-electron chi connectivity index (χ0n) is 20.0. The first kappa shape index (κ1) is 29.5. The standard InChI is InChI=1S/2C10H19N3O2.H2O4S/c2*11-9(12)13-6-8-7-14-10(15-8)4-2-1-3-5-10;1-5(2,3)4/h2*8H,1-7H2,(H4,11,12,13);(H2,1,2,3,4). The van der Waals surface area contributed by atoms with Crippen LogP contribution in [0.4, 0.5) is 0 Å². The Kier molecular flexibility index (Phi) is 11.4. The van der Waals surface area contributed by atoms with Crippen molar-refractivity contribution in [2.45, 2.75) is 88.0 Å². The van der Waals surface area contributed by atoms with Crippen molar-refractivity contribution in [2.75, 3.05) is 26.3 Å². The minimum Gasteiger partial charge on any atom is -0.370 e. The van der Waals surface area contributed by atoms with E-state index in [2.05, 4.69) is 10.6 Å². The van der Waals surface area contributed by atoms with E-state index < -0.39 is 10.4 Å². The molecule has 2 saturated carbocycles. The number of hydrogen-bond donors (Lipinski definition) is 8. The van der Waals surface area contributed by atoms with Gasteiger partial charge in [0.05, 0.1) is 13.2 Å². The van der Waals surface area contributed by atoms with E-state index in [1.54, 1.807) is 0 Å². The summed E-state index contributed by atoms with van der Waals surface area (Å²) in [4.78, 5) is 0. The summed E-state index contributed by atoms with van der Waals surface area (Å²) in [5.74, 6) is -0.658. The zero-order chi connectivity index (χ0) is 26.0. The van der Waals surface area contributed by atoms with E-state index in [-0.39, 0.29) is 35.7 Å². The minimum atomic E-state index is -4.67. The van der Waals surface area contributed by atoms with E-state index in [1.165, 1.54) is 38.5 Å². The Morgan fingerprint density at radius 3 is 1.37 bits per heavy atom. The van der Waals surface area contributed by atoms with Gasteiger partial charge in [0.1, 0.15) is 12.2 Å². The van der Waals surface area contributed by atoms with Crippen LogP contribution in [0.15, 0.2) is 0 Å². The maximum Gasteiger partial charge on any atom is 0.394 e. The molecule has 4 fully saturated rings. The average molecular weight is 525 g/mol. The number of rotatable bonds is 4. The summed E-state index contributed by atoms with van der Waals surface area (Å²) >= 11 is 0. The second-order valence-corrected chi connectivity index (χ2v) is 9.98. The van der Waals surface area contributed by atoms with E-state index >= 15 is 0 Å². The maximum absolute atomic E-state index is 8.74. The van der Waals surface area contributed by atoms with Crippen LogP contribution in [-0.2, 0) is 29.3 Å². The Labute approximate surface area is 206 Å². The van der Waals surface area contributed by atoms with Crippen molar-refractivity contribution < 1.29 is 36.5 Å². The molecule has 2 spiro atoms. The number of nitrogens with two attached hydrogens (primary N) is 2. The van der Waals surface area contributed by atoms with Gasteiger partial charge in [-0.3, -0.25) is 19.9 Å². The van der Waals surface area contributed by atoms with Crippen LogP contribution in [0.3, 0.4) is 0 Å². The molecule has 10 N–H and O–H groups in total. The lowest BCUT2D eigenvalue weighted by molar-refractivity contribution is -0.186. The van der Waals surface area contributed by atoms with Crippen molar-refractivity contribution in [3.05, 3.63) is 0 Å². The highest BCUT2D eigenvalue weighted by Crippen LogP contribution is 2.38. The van der Waals surface area contributed by atoms with Crippen molar-refractivity contribution in [3.8, 4) is 0 Å². The second kappa shape index (κ2) is 13.5. The van der Waals surface area contributed by atoms with Crippen molar-refractivity contribution in [2.24, 2.45) is 11.5 Å². The highest BCUT2D eigenvalue weighted by Gasteiger charge is 2.43. The van der Waals surface area contributed by atoms with E-state index in [1.807, 2.05) is 0 Å². The molecule has 0 aromatic carbocycles. The summed E-state index contributed by atoms with van der Waals surface area (Å²) in [7, 11) is -4.67. The summed E-state index contributed by atoms with van der Waals surface area (Å²) in [5.41, 5.74) is 10.4. The number of hydrogen-bond acceptors (Lipinski definition) is 8. The molecule has 35 heavy (non-hydrogen) atoms. The zero-order valence-corrected chi connectivity index (χ0v) is 20.8. The molecule has 0 aromatic rings. The maximum atomic E-state index is 8.74. The SMILES string of the molecule is N=C(N)NCC1COC2(CCCCC2)O1.N=C(N)NCC1COC2(CCCCC2)O1.O=S(=O)(O)O. The summed E-state index contributed by atoms with van der Waals surface area (Å²) in [5, 5.41) is 19.7. The van der Waals surface area contributed by atoms with Crippen LogP contribution in [-0.4, -0.2) is 79.5 Å². The fraction of sp³-hybridized carbons (Fsp3) is 0.900. The van der Waals surface area contributed by atoms with Gasteiger partial charge >= 0.3 is 10.4 Å². The van der Waals surface area contributed by atoms with Crippen molar-refractivity contribution in [1.82, 2.24) is 10.6 Å². The van der Waals surface area contributed by atoms with Crippen LogP contribution >= 0.6 is 0 Å². The predicted octanol–water partition coefficient (Wildman–Crippen LogP) is 0.438. The lowest BCUT2D eigenvalue weighted by atomic mass is 9.94. The largest absolute Gasteiger partial charge is 0.394 e. The predicted molar refractivity (Wildman–Crippen MR) is 127 cm³/mol. The number of nitrogens with one attached hydrogen (secondary N) is 4. The van der Waals surface area contributed by atoms with Gasteiger partial charge in [-0.15, -0.1) is 0 Å². The fourth-order valence-electron chi connectivity index (χ4n) is 4.59. The van der Waals surface area contributed by atoms with Crippen LogP contribution < -0.4 is 22.1 Å². The summed E-state index contributed by atoms with van der Waals surface area (Å²) in [6, 6.07) is 0. The molecule has 4 rings (SSSR count). The fourth-order valence-corrected chi connectivity index (χ4v) is 4.59. The molecule has 0 bridgehead atoms. The smallest absolute Gasteiger partial charge is 0.370 e. The molecule has 15 heteroatoms. The van der Waals surface area contributed by atoms with Gasteiger partial charge < -0.3 is 41.0 Å². The Morgan fingerprint density at radius 2 is 1.09 bits per heavy atom. The van der Waals surface area contributed by atoms with E-state index in [0.717, 1.165) is 25.7 Å². The lowest BCUT2D eigenvalue weighted by Gasteiger charge is -2.31. The minimum absolute atomic E-state index is 0.0109. The van der Waals surface area contributed by atoms with Crippen LogP contribution in [0.1, 0.15) is 64.2 Å². The summed E-state index contributed by atoms with van der Waals surface area (Å²) < 4.78 is 54.9. The first-order chi connectivity index (χ1) is 16.4. The van der Waals surface area contributed by atoms with Gasteiger partial charge in [-0.2, -0.15) is 8.42 Å². The molecule has 2 aliphatic heterocycles. The molecule has 2 unspecified atom stereocenters. The van der Waals surface area contributed by atoms with Crippen LogP contribution in [0.2, 0.25) is 0 Å². The normalized spacial score (nSPS) is 26.7. The van der Waals surface area contributed by atoms with E-state index in [0.29, 0.717) is 26.3 Å². The molecule has 14 nitrogen and oxygen atoms in total. The Hall–Kier alpha value is -1.75. The third kappa shape index (κ3) is 11.7. The quantitative estimate of drug-likeness (QED) is 0.142. The van der Waals surface area contributed by atoms with Gasteiger partial charge in [-0.1, -0.05) is 12.8 Å². The van der Waals surface area contributed by atoms with Crippen LogP contribution in [0, 0.1) is 10.8 Å². The summed E-state index contributed by atoms with van der Waals surface area (Å²) in [6.07, 6.45) is 11.4. The van der Waals surface area contributed by atoms with E-state index in [4.69, 9.17) is 58.8 Å². The monoisotopic (exact) mass is 524 g/mol. The number of ether oxygens (including phenoxy) is 4. The topological polar surface area (TPSA) is 235 Å². The van der Waals surface area contributed by atoms with Gasteiger partial charge in [0.2, 0.25) is 0 Å². The highest BCUT2D eigenvalue weighted by atomic mass is 32.3. The van der Waals surface area contributed by atoms with Gasteiger partial charge in [-0.05, 0) is 25.7 Å². The first-order valence-corrected chi connectivity index (χ1v) is 13.3. The molecular weight excluding hydrogens is 484 g/mol. The summed E-state index contributed by atoms with van der Waals surface area (Å²) in [6.45, 7) is 2.36. The molecule has 0 aromatic heterocycles. The number of guanidine groups is 2. The molecule has 2 saturated heterocycles. The molecule has 2 atom stereocenters. The molecule has 0 radical (unpaired) electrons. The molecular formula is C20H40N6O8S. The van der Waals surface area contributed by atoms with Crippen LogP contribution in [0.25, 0.3) is 0 Å². The van der Waals surface area contributed by atoms with Gasteiger partial charge in [0.25, 0.3) is 0 Å². The third-order valence-corrected chi connectivity index (χ3v) is 6.10. The van der Waals surface area contributed by atoms with Crippen molar-refractivity contribution >= 4 is 22.3 Å². The van der Waals surface area contributed by atoms with Gasteiger partial charge in [-0.25, -0.2) is 0 Å². The molecule has 2 heterocycles. The first-order valence-electron chi connectivity index (χ1n) is 11.9. The molecule has 4 aliphatic rings. The molecule has 0 amide bonds. The van der Waals surface area contributed by atoms with E-state index in [9.17, 15) is 0 Å². The van der Waals surface area contributed by atoms with Crippen molar-refractivity contribution in [1.29, 1.82) is 10.8 Å². The Morgan fingerprint density at radius 1 is 0.771 bits per heavy atom. The molecule has 2 aliphatic carbocycles. The molecule has 204 valence electrons. The second-order valence-electron chi connectivity index (χ2n) is 9.08. The average Bonchev–Trinajstić information content (AvgIpc) is 3.35. The third-order valence-electron chi connectivity index (χ3n) is 6.10. The lowest BCUT2D eigenvalue weighted by Crippen LogP contribution is -2.39. The Balaban J connectivity index is 0.000000208. The Bertz CT molecular complexity index is 728.